The summed E-state index contributed by atoms with van der Waals surface area (Å²) in [5.41, 5.74) is 0.402. The van der Waals surface area contributed by atoms with Gasteiger partial charge in [0.25, 0.3) is 0 Å². The van der Waals surface area contributed by atoms with E-state index in [0.29, 0.717) is 17.3 Å². The van der Waals surface area contributed by atoms with Gasteiger partial charge in [0, 0.05) is 0 Å². The largest absolute Gasteiger partial charge is 0.478 e. The first kappa shape index (κ1) is 28.3. The Kier molecular flexibility index (Phi) is 8.84. The van der Waals surface area contributed by atoms with Crippen LogP contribution in [0.2, 0.25) is 0 Å². The number of carbonyl (C=O) groups excluding carboxylic acids is 3. The van der Waals surface area contributed by atoms with Crippen LogP contribution in [0.5, 0.6) is 0 Å². The monoisotopic (exact) mass is 527 g/mol. The van der Waals surface area contributed by atoms with Gasteiger partial charge in [-0.3, -0.25) is 4.79 Å². The molecule has 0 aromatic heterocycles. The SMILES string of the molecule is COC(=O)C1NCC2C1C2(C)C.O=C(OC(C(=O)O)C(OC(=O)c1ccccc1)C(=O)O)c1ccccc1. The average molecular weight is 528 g/mol. The van der Waals surface area contributed by atoms with Crippen LogP contribution in [0.3, 0.4) is 0 Å². The fraction of sp³-hybridized carbons (Fsp3) is 0.370. The molecule has 0 spiro atoms. The van der Waals surface area contributed by atoms with Crippen molar-refractivity contribution in [3.8, 4) is 0 Å². The highest BCUT2D eigenvalue weighted by atomic mass is 16.6. The van der Waals surface area contributed by atoms with Crippen molar-refractivity contribution >= 4 is 29.8 Å². The third-order valence-electron chi connectivity index (χ3n) is 6.76. The molecule has 1 saturated carbocycles. The summed E-state index contributed by atoms with van der Waals surface area (Å²) in [5.74, 6) is -4.55. The van der Waals surface area contributed by atoms with E-state index < -0.39 is 36.1 Å². The van der Waals surface area contributed by atoms with Crippen LogP contribution in [0.4, 0.5) is 0 Å². The summed E-state index contributed by atoms with van der Waals surface area (Å²) in [4.78, 5) is 58.1. The van der Waals surface area contributed by atoms with Gasteiger partial charge < -0.3 is 29.7 Å². The van der Waals surface area contributed by atoms with E-state index >= 15 is 0 Å². The number of hydrogen-bond acceptors (Lipinski definition) is 9. The molecule has 0 amide bonds. The number of carboxylic acids is 2. The lowest BCUT2D eigenvalue weighted by Gasteiger charge is -2.21. The molecule has 38 heavy (non-hydrogen) atoms. The summed E-state index contributed by atoms with van der Waals surface area (Å²) in [6, 6.07) is 14.8. The first-order valence-corrected chi connectivity index (χ1v) is 11.8. The van der Waals surface area contributed by atoms with Gasteiger partial charge in [-0.25, -0.2) is 19.2 Å². The van der Waals surface area contributed by atoms with Crippen LogP contribution in [-0.4, -0.2) is 72.0 Å². The van der Waals surface area contributed by atoms with E-state index in [1.54, 1.807) is 12.1 Å². The molecular formula is C27H29NO10. The third-order valence-corrected chi connectivity index (χ3v) is 6.76. The minimum absolute atomic E-state index is 0.0253. The Morgan fingerprint density at radius 2 is 1.24 bits per heavy atom. The van der Waals surface area contributed by atoms with Gasteiger partial charge >= 0.3 is 29.8 Å². The smallest absolute Gasteiger partial charge is 0.349 e. The summed E-state index contributed by atoms with van der Waals surface area (Å²) in [6.07, 6.45) is -4.43. The maximum atomic E-state index is 12.0. The zero-order valence-corrected chi connectivity index (χ0v) is 21.0. The maximum Gasteiger partial charge on any atom is 0.349 e. The van der Waals surface area contributed by atoms with Crippen molar-refractivity contribution in [1.29, 1.82) is 0 Å². The summed E-state index contributed by atoms with van der Waals surface area (Å²) in [6.45, 7) is 5.41. The molecule has 0 radical (unpaired) electrons. The highest BCUT2D eigenvalue weighted by molar-refractivity contribution is 5.95. The molecule has 2 aliphatic rings. The van der Waals surface area contributed by atoms with Crippen molar-refractivity contribution in [2.45, 2.75) is 32.1 Å². The van der Waals surface area contributed by atoms with Gasteiger partial charge in [0.1, 0.15) is 6.04 Å². The Hall–Kier alpha value is -4.25. The highest BCUT2D eigenvalue weighted by Crippen LogP contribution is 2.62. The molecular weight excluding hydrogens is 498 g/mol. The quantitative estimate of drug-likeness (QED) is 0.339. The van der Waals surface area contributed by atoms with Crippen LogP contribution in [-0.2, 0) is 28.6 Å². The number of fused-ring (bicyclic) bond motifs is 1. The standard InChI is InChI=1S/C18H14O8.C9H15NO2/c19-15(20)13(25-17(23)11-7-3-1-4-8-11)14(16(21)22)26-18(24)12-9-5-2-6-10-12;1-9(2)5-4-10-7(6(5)9)8(11)12-3/h1-10,13-14H,(H,19,20)(H,21,22);5-7,10H,4H2,1-3H3. The molecule has 1 aliphatic carbocycles. The van der Waals surface area contributed by atoms with Crippen molar-refractivity contribution in [1.82, 2.24) is 5.32 Å². The fourth-order valence-electron chi connectivity index (χ4n) is 4.57. The van der Waals surface area contributed by atoms with Gasteiger partial charge in [-0.1, -0.05) is 50.2 Å². The number of methoxy groups -OCH3 is 1. The lowest BCUT2D eigenvalue weighted by molar-refractivity contribution is -0.166. The summed E-state index contributed by atoms with van der Waals surface area (Å²) in [7, 11) is 1.45. The number of hydrogen-bond donors (Lipinski definition) is 3. The second kappa shape index (κ2) is 11.9. The first-order valence-electron chi connectivity index (χ1n) is 11.8. The summed E-state index contributed by atoms with van der Waals surface area (Å²) >= 11 is 0. The number of rotatable bonds is 8. The Balaban J connectivity index is 0.000000275. The molecule has 11 heteroatoms. The predicted octanol–water partition coefficient (Wildman–Crippen LogP) is 2.01. The molecule has 5 atom stereocenters. The van der Waals surface area contributed by atoms with E-state index in [1.807, 2.05) is 0 Å². The topological polar surface area (TPSA) is 166 Å². The molecule has 2 aromatic rings. The van der Waals surface area contributed by atoms with Crippen molar-refractivity contribution in [3.63, 3.8) is 0 Å². The van der Waals surface area contributed by atoms with Gasteiger partial charge in [-0.05, 0) is 48.1 Å². The maximum absolute atomic E-state index is 12.0. The number of benzene rings is 2. The molecule has 202 valence electrons. The van der Waals surface area contributed by atoms with Crippen molar-refractivity contribution in [2.24, 2.45) is 17.3 Å². The van der Waals surface area contributed by atoms with E-state index in [9.17, 15) is 34.2 Å². The Morgan fingerprint density at radius 1 is 0.816 bits per heavy atom. The molecule has 5 unspecified atom stereocenters. The van der Waals surface area contributed by atoms with Crippen LogP contribution in [0.15, 0.2) is 60.7 Å². The number of carbonyl (C=O) groups is 5. The Bertz CT molecular complexity index is 1110. The van der Waals surface area contributed by atoms with E-state index in [4.69, 9.17) is 14.2 Å². The molecule has 11 nitrogen and oxygen atoms in total. The van der Waals surface area contributed by atoms with Crippen molar-refractivity contribution < 1.29 is 48.4 Å². The van der Waals surface area contributed by atoms with Crippen molar-refractivity contribution in [3.05, 3.63) is 71.8 Å². The molecule has 1 saturated heterocycles. The fourth-order valence-corrected chi connectivity index (χ4v) is 4.57. The number of piperidine rings is 1. The van der Waals surface area contributed by atoms with Gasteiger partial charge in [-0.2, -0.15) is 0 Å². The second-order valence-electron chi connectivity index (χ2n) is 9.42. The van der Waals surface area contributed by atoms with E-state index in [0.717, 1.165) is 6.54 Å². The number of esters is 3. The third kappa shape index (κ3) is 6.35. The first-order chi connectivity index (χ1) is 18.0. The Morgan fingerprint density at radius 3 is 1.55 bits per heavy atom. The van der Waals surface area contributed by atoms with Gasteiger partial charge in [0.05, 0.1) is 18.2 Å². The zero-order valence-electron chi connectivity index (χ0n) is 21.0. The van der Waals surface area contributed by atoms with E-state index in [-0.39, 0.29) is 23.1 Å². The second-order valence-corrected chi connectivity index (χ2v) is 9.42. The molecule has 3 N–H and O–H groups in total. The molecule has 0 bridgehead atoms. The lowest BCUT2D eigenvalue weighted by Crippen LogP contribution is -2.45. The summed E-state index contributed by atoms with van der Waals surface area (Å²) < 4.78 is 14.2. The Labute approximate surface area is 218 Å². The minimum atomic E-state index is -2.21. The molecule has 1 aliphatic heterocycles. The van der Waals surface area contributed by atoms with Crippen LogP contribution >= 0.6 is 0 Å². The van der Waals surface area contributed by atoms with E-state index in [2.05, 4.69) is 19.2 Å². The predicted molar refractivity (Wildman–Crippen MR) is 131 cm³/mol. The number of aliphatic carboxylic acids is 2. The van der Waals surface area contributed by atoms with Gasteiger partial charge in [-0.15, -0.1) is 0 Å². The minimum Gasteiger partial charge on any atom is -0.478 e. The highest BCUT2D eigenvalue weighted by Gasteiger charge is 2.66. The van der Waals surface area contributed by atoms with Crippen LogP contribution in [0.25, 0.3) is 0 Å². The summed E-state index contributed by atoms with van der Waals surface area (Å²) in [5, 5.41) is 21.7. The molecule has 4 rings (SSSR count). The van der Waals surface area contributed by atoms with Crippen LogP contribution < -0.4 is 5.32 Å². The zero-order chi connectivity index (χ0) is 28.0. The van der Waals surface area contributed by atoms with E-state index in [1.165, 1.54) is 55.6 Å². The molecule has 2 fully saturated rings. The van der Waals surface area contributed by atoms with Gasteiger partial charge in [0.2, 0.25) is 12.2 Å². The van der Waals surface area contributed by atoms with Crippen LogP contribution in [0.1, 0.15) is 34.6 Å². The van der Waals surface area contributed by atoms with Crippen molar-refractivity contribution in [2.75, 3.05) is 13.7 Å². The number of carboxylic acid groups (broad SMARTS) is 2. The number of ether oxygens (including phenoxy) is 3. The average Bonchev–Trinajstić information content (AvgIpc) is 3.21. The number of nitrogens with one attached hydrogen (secondary N) is 1. The lowest BCUT2D eigenvalue weighted by atomic mass is 10.0. The van der Waals surface area contributed by atoms with Gasteiger partial charge in [0.15, 0.2) is 0 Å². The van der Waals surface area contributed by atoms with Crippen LogP contribution in [0, 0.1) is 17.3 Å². The molecule has 2 aromatic carbocycles. The molecule has 1 heterocycles. The normalized spacial score (nSPS) is 21.8.